The Hall–Kier alpha value is -3.48. The molecule has 2 aromatic heterocycles. The molecule has 3 aromatic rings. The van der Waals surface area contributed by atoms with Gasteiger partial charge in [-0.1, -0.05) is 0 Å². The van der Waals surface area contributed by atoms with Crippen LogP contribution in [0.5, 0.6) is 0 Å². The number of hydrogen-bond donors (Lipinski definition) is 4. The number of fused-ring (bicyclic) bond motifs is 3. The number of carbonyl (C=O) groups excluding carboxylic acids is 2. The second kappa shape index (κ2) is 8.02. The van der Waals surface area contributed by atoms with Crippen molar-refractivity contribution in [3.63, 3.8) is 0 Å². The summed E-state index contributed by atoms with van der Waals surface area (Å²) in [5.41, 5.74) is 2.07. The molecular weight excluding hydrogens is 482 g/mol. The van der Waals surface area contributed by atoms with Gasteiger partial charge in [0.1, 0.15) is 21.9 Å². The quantitative estimate of drug-likeness (QED) is 0.412. The van der Waals surface area contributed by atoms with E-state index in [2.05, 4.69) is 25.8 Å². The Bertz CT molecular complexity index is 1530. The number of carbonyl (C=O) groups is 2. The summed E-state index contributed by atoms with van der Waals surface area (Å²) in [5, 5.41) is 15.3. The Morgan fingerprint density at radius 3 is 2.78 bits per heavy atom. The van der Waals surface area contributed by atoms with E-state index in [1.165, 1.54) is 6.07 Å². The molecule has 2 amide bonds. The average molecular weight is 510 g/mol. The number of hydrogen-bond acceptors (Lipinski definition) is 7. The number of piperazine rings is 1. The maximum absolute atomic E-state index is 13.1. The van der Waals surface area contributed by atoms with E-state index < -0.39 is 15.9 Å². The Balaban J connectivity index is 1.31. The molecule has 0 bridgehead atoms. The lowest BCUT2D eigenvalue weighted by Gasteiger charge is -2.36. The maximum atomic E-state index is 13.1. The molecule has 1 spiro atoms. The number of benzene rings is 1. The summed E-state index contributed by atoms with van der Waals surface area (Å²) in [6.07, 6.45) is 2.21. The Morgan fingerprint density at radius 1 is 1.22 bits per heavy atom. The number of rotatable bonds is 4. The molecule has 2 aliphatic heterocycles. The minimum absolute atomic E-state index is 0.0256. The zero-order chi connectivity index (χ0) is 25.2. The molecule has 6 rings (SSSR count). The van der Waals surface area contributed by atoms with E-state index in [1.54, 1.807) is 30.3 Å². The Labute approximate surface area is 208 Å². The summed E-state index contributed by atoms with van der Waals surface area (Å²) < 4.78 is 26.7. The van der Waals surface area contributed by atoms with Crippen molar-refractivity contribution in [3.8, 4) is 0 Å². The highest BCUT2D eigenvalue weighted by Crippen LogP contribution is 2.39. The number of nitrogens with zero attached hydrogens (tertiary/aromatic N) is 3. The van der Waals surface area contributed by atoms with Gasteiger partial charge >= 0.3 is 0 Å². The second-order valence-corrected chi connectivity index (χ2v) is 11.4. The zero-order valence-corrected chi connectivity index (χ0v) is 20.6. The lowest BCUT2D eigenvalue weighted by molar-refractivity contribution is 0.0918. The van der Waals surface area contributed by atoms with Gasteiger partial charge < -0.3 is 25.4 Å². The fourth-order valence-electron chi connectivity index (χ4n) is 5.16. The first kappa shape index (κ1) is 23.0. The molecule has 2 fully saturated rings. The molecule has 11 nitrogen and oxygen atoms in total. The van der Waals surface area contributed by atoms with Gasteiger partial charge in [-0.05, 0) is 56.2 Å². The van der Waals surface area contributed by atoms with Crippen LogP contribution in [0.4, 0.5) is 11.4 Å². The minimum Gasteiger partial charge on any atom is -0.368 e. The Kier molecular flexibility index (Phi) is 5.11. The Morgan fingerprint density at radius 2 is 2.03 bits per heavy atom. The van der Waals surface area contributed by atoms with Crippen LogP contribution in [0.25, 0.3) is 11.0 Å². The van der Waals surface area contributed by atoms with Crippen molar-refractivity contribution >= 4 is 44.2 Å². The van der Waals surface area contributed by atoms with Crippen molar-refractivity contribution in [3.05, 3.63) is 47.8 Å². The van der Waals surface area contributed by atoms with Gasteiger partial charge in [-0.3, -0.25) is 9.59 Å². The fourth-order valence-corrected chi connectivity index (χ4v) is 5.87. The third-order valence-electron chi connectivity index (χ3n) is 7.26. The van der Waals surface area contributed by atoms with E-state index in [4.69, 9.17) is 5.14 Å². The van der Waals surface area contributed by atoms with Crippen molar-refractivity contribution < 1.29 is 18.0 Å². The molecule has 188 valence electrons. The molecule has 3 aliphatic rings. The van der Waals surface area contributed by atoms with E-state index in [0.717, 1.165) is 43.5 Å². The molecule has 36 heavy (non-hydrogen) atoms. The summed E-state index contributed by atoms with van der Waals surface area (Å²) >= 11 is 0. The van der Waals surface area contributed by atoms with Crippen LogP contribution >= 0.6 is 0 Å². The van der Waals surface area contributed by atoms with Crippen LogP contribution < -0.4 is 26.0 Å². The zero-order valence-electron chi connectivity index (χ0n) is 19.7. The van der Waals surface area contributed by atoms with Crippen molar-refractivity contribution in [2.24, 2.45) is 5.14 Å². The van der Waals surface area contributed by atoms with Gasteiger partial charge in [0, 0.05) is 42.8 Å². The molecular formula is C24H27N7O4S. The third kappa shape index (κ3) is 3.91. The van der Waals surface area contributed by atoms with Crippen LogP contribution in [0.15, 0.2) is 41.3 Å². The second-order valence-electron chi connectivity index (χ2n) is 9.88. The van der Waals surface area contributed by atoms with Gasteiger partial charge in [0.2, 0.25) is 10.0 Å². The molecule has 1 saturated heterocycles. The number of nitrogens with two attached hydrogens (primary N) is 1. The van der Waals surface area contributed by atoms with Gasteiger partial charge in [0.15, 0.2) is 0 Å². The van der Waals surface area contributed by atoms with Crippen LogP contribution in [0.3, 0.4) is 0 Å². The standard InChI is InChI=1S/C24H27N7O4S/c1-14-12-26-23(33)19-10-15-2-4-18(28-21(15)31(14)19)22(32)29-17-5-3-16(11-20(17)36(25,34)35)30-9-8-27-24(13-30)6-7-24/h2-5,10-11,14,27H,6-9,12-13H2,1H3,(H,26,33)(H,29,32)(H2,25,34,35)/t14-/m1/s1. The highest BCUT2D eigenvalue weighted by atomic mass is 32.2. The topological polar surface area (TPSA) is 151 Å². The molecule has 1 aliphatic carbocycles. The average Bonchev–Trinajstić information content (AvgIpc) is 3.46. The predicted molar refractivity (Wildman–Crippen MR) is 135 cm³/mol. The smallest absolute Gasteiger partial charge is 0.274 e. The summed E-state index contributed by atoms with van der Waals surface area (Å²) in [6, 6.07) is 9.88. The van der Waals surface area contributed by atoms with Crippen molar-refractivity contribution in [2.45, 2.75) is 36.2 Å². The summed E-state index contributed by atoms with van der Waals surface area (Å²) in [7, 11) is -4.11. The SMILES string of the molecule is C[C@@H]1CNC(=O)c2cc3ccc(C(=O)Nc4ccc(N5CCNC6(CC6)C5)cc4S(N)(=O)=O)nc3n21. The van der Waals surface area contributed by atoms with Crippen molar-refractivity contribution in [1.29, 1.82) is 0 Å². The summed E-state index contributed by atoms with van der Waals surface area (Å²) in [6.45, 7) is 4.79. The van der Waals surface area contributed by atoms with Crippen molar-refractivity contribution in [2.75, 3.05) is 36.4 Å². The van der Waals surface area contributed by atoms with Crippen LogP contribution in [-0.4, -0.2) is 61.5 Å². The molecule has 5 N–H and O–H groups in total. The first-order chi connectivity index (χ1) is 17.1. The lowest BCUT2D eigenvalue weighted by Crippen LogP contribution is -2.52. The normalized spacial score (nSPS) is 20.8. The van der Waals surface area contributed by atoms with E-state index in [0.29, 0.717) is 17.9 Å². The largest absolute Gasteiger partial charge is 0.368 e. The number of anilines is 2. The van der Waals surface area contributed by atoms with Crippen LogP contribution in [-0.2, 0) is 10.0 Å². The number of aromatic nitrogens is 2. The van der Waals surface area contributed by atoms with Gasteiger partial charge in [0.25, 0.3) is 11.8 Å². The number of sulfonamides is 1. The van der Waals surface area contributed by atoms with Crippen molar-refractivity contribution in [1.82, 2.24) is 20.2 Å². The molecule has 4 heterocycles. The van der Waals surface area contributed by atoms with E-state index in [1.807, 2.05) is 11.5 Å². The molecule has 1 atom stereocenters. The molecule has 1 saturated carbocycles. The lowest BCUT2D eigenvalue weighted by atomic mass is 10.1. The molecule has 12 heteroatoms. The maximum Gasteiger partial charge on any atom is 0.274 e. The van der Waals surface area contributed by atoms with E-state index in [9.17, 15) is 18.0 Å². The van der Waals surface area contributed by atoms with E-state index >= 15 is 0 Å². The van der Waals surface area contributed by atoms with Gasteiger partial charge in [0.05, 0.1) is 11.7 Å². The monoisotopic (exact) mass is 509 g/mol. The minimum atomic E-state index is -4.11. The number of primary sulfonamides is 1. The first-order valence-corrected chi connectivity index (χ1v) is 13.5. The third-order valence-corrected chi connectivity index (χ3v) is 8.21. The van der Waals surface area contributed by atoms with Gasteiger partial charge in [-0.2, -0.15) is 0 Å². The van der Waals surface area contributed by atoms with Gasteiger partial charge in [-0.15, -0.1) is 0 Å². The molecule has 0 unspecified atom stereocenters. The number of pyridine rings is 1. The summed E-state index contributed by atoms with van der Waals surface area (Å²) in [5.74, 6) is -0.760. The number of amides is 2. The summed E-state index contributed by atoms with van der Waals surface area (Å²) in [4.78, 5) is 31.9. The highest BCUT2D eigenvalue weighted by molar-refractivity contribution is 7.89. The first-order valence-electron chi connectivity index (χ1n) is 11.9. The van der Waals surface area contributed by atoms with Crippen LogP contribution in [0.2, 0.25) is 0 Å². The molecule has 0 radical (unpaired) electrons. The predicted octanol–water partition coefficient (Wildman–Crippen LogP) is 1.18. The van der Waals surface area contributed by atoms with Crippen LogP contribution in [0, 0.1) is 0 Å². The van der Waals surface area contributed by atoms with Crippen LogP contribution in [0.1, 0.15) is 46.8 Å². The highest BCUT2D eigenvalue weighted by Gasteiger charge is 2.45. The van der Waals surface area contributed by atoms with Gasteiger partial charge in [-0.25, -0.2) is 18.5 Å². The molecule has 1 aromatic carbocycles. The fraction of sp³-hybridized carbons (Fsp3) is 0.375. The van der Waals surface area contributed by atoms with E-state index in [-0.39, 0.29) is 33.8 Å². The number of nitrogens with one attached hydrogen (secondary N) is 3.